The molecule has 3 N–H and O–H groups in total. The number of hydrogen-bond acceptors (Lipinski definition) is 3. The zero-order chi connectivity index (χ0) is 11.1. The van der Waals surface area contributed by atoms with Crippen molar-refractivity contribution in [3.63, 3.8) is 0 Å². The molecule has 2 atom stereocenters. The van der Waals surface area contributed by atoms with Crippen LogP contribution >= 0.6 is 0 Å². The lowest BCUT2D eigenvalue weighted by molar-refractivity contribution is 0.0438. The fourth-order valence-electron chi connectivity index (χ4n) is 1.76. The second-order valence-corrected chi connectivity index (χ2v) is 3.75. The Labute approximate surface area is 86.9 Å². The highest BCUT2D eigenvalue weighted by atomic mass is 19.1. The smallest absolute Gasteiger partial charge is 0.141 e. The Morgan fingerprint density at radius 1 is 1.47 bits per heavy atom. The third-order valence-corrected chi connectivity index (χ3v) is 2.41. The molecule has 3 nitrogen and oxygen atoms in total. The number of halogens is 1. The van der Waals surface area contributed by atoms with Crippen LogP contribution in [0.4, 0.5) is 4.39 Å². The number of hydrogen-bond donors (Lipinski definition) is 3. The van der Waals surface area contributed by atoms with Crippen molar-refractivity contribution in [1.82, 2.24) is 5.32 Å². The van der Waals surface area contributed by atoms with Gasteiger partial charge in [-0.25, -0.2) is 4.39 Å². The Bertz CT molecular complexity index is 415. The van der Waals surface area contributed by atoms with Crippen molar-refractivity contribution in [3.05, 3.63) is 41.7 Å². The topological polar surface area (TPSA) is 52.5 Å². The molecule has 80 valence electrons. The Morgan fingerprint density at radius 3 is 2.73 bits per heavy atom. The van der Waals surface area contributed by atoms with E-state index in [2.05, 4.69) is 5.32 Å². The standard InChI is InChI=1S/C11H12FNO2/c1-11(15)9(6-10(14)13-11)7-3-2-4-8(12)5-7/h2-6,10,13-15H,1H3. The summed E-state index contributed by atoms with van der Waals surface area (Å²) in [4.78, 5) is 0. The van der Waals surface area contributed by atoms with Gasteiger partial charge in [-0.2, -0.15) is 0 Å². The molecule has 15 heavy (non-hydrogen) atoms. The van der Waals surface area contributed by atoms with E-state index in [-0.39, 0.29) is 5.82 Å². The Hall–Kier alpha value is -1.23. The van der Waals surface area contributed by atoms with Gasteiger partial charge in [-0.15, -0.1) is 0 Å². The van der Waals surface area contributed by atoms with E-state index in [4.69, 9.17) is 0 Å². The minimum Gasteiger partial charge on any atom is -0.375 e. The fourth-order valence-corrected chi connectivity index (χ4v) is 1.76. The van der Waals surface area contributed by atoms with E-state index < -0.39 is 12.0 Å². The van der Waals surface area contributed by atoms with Crippen LogP contribution < -0.4 is 5.32 Å². The van der Waals surface area contributed by atoms with Crippen LogP contribution in [0.25, 0.3) is 5.57 Å². The molecule has 0 fully saturated rings. The van der Waals surface area contributed by atoms with E-state index in [1.165, 1.54) is 25.1 Å². The summed E-state index contributed by atoms with van der Waals surface area (Å²) in [5, 5.41) is 21.8. The van der Waals surface area contributed by atoms with Gasteiger partial charge in [0.1, 0.15) is 17.8 Å². The number of aliphatic hydroxyl groups is 2. The zero-order valence-corrected chi connectivity index (χ0v) is 8.24. The van der Waals surface area contributed by atoms with Crippen molar-refractivity contribution in [2.45, 2.75) is 18.9 Å². The lowest BCUT2D eigenvalue weighted by Crippen LogP contribution is -2.42. The first kappa shape index (κ1) is 10.3. The van der Waals surface area contributed by atoms with Crippen LogP contribution in [0.1, 0.15) is 12.5 Å². The molecule has 1 aromatic rings. The van der Waals surface area contributed by atoms with Crippen LogP contribution in [0.5, 0.6) is 0 Å². The molecule has 2 unspecified atom stereocenters. The molecule has 1 aliphatic rings. The van der Waals surface area contributed by atoms with Gasteiger partial charge >= 0.3 is 0 Å². The van der Waals surface area contributed by atoms with Crippen molar-refractivity contribution in [3.8, 4) is 0 Å². The molecule has 0 spiro atoms. The molecular formula is C11H12FNO2. The first-order valence-corrected chi connectivity index (χ1v) is 4.65. The summed E-state index contributed by atoms with van der Waals surface area (Å²) in [6.07, 6.45) is 0.563. The van der Waals surface area contributed by atoms with Gasteiger partial charge < -0.3 is 10.2 Å². The maximum absolute atomic E-state index is 13.0. The van der Waals surface area contributed by atoms with E-state index in [1.807, 2.05) is 0 Å². The number of aliphatic hydroxyl groups excluding tert-OH is 1. The molecule has 1 aliphatic heterocycles. The van der Waals surface area contributed by atoms with Gasteiger partial charge in [0.25, 0.3) is 0 Å². The quantitative estimate of drug-likeness (QED) is 0.642. The molecule has 0 amide bonds. The minimum absolute atomic E-state index is 0.370. The first-order valence-electron chi connectivity index (χ1n) is 4.65. The third kappa shape index (κ3) is 1.92. The molecule has 4 heteroatoms. The summed E-state index contributed by atoms with van der Waals surface area (Å²) < 4.78 is 13.0. The van der Waals surface area contributed by atoms with Gasteiger partial charge in [0.15, 0.2) is 0 Å². The highest BCUT2D eigenvalue weighted by Crippen LogP contribution is 2.30. The minimum atomic E-state index is -1.33. The average Bonchev–Trinajstić information content (AvgIpc) is 2.39. The second-order valence-electron chi connectivity index (χ2n) is 3.75. The molecule has 2 rings (SSSR count). The van der Waals surface area contributed by atoms with Crippen LogP contribution in [0.3, 0.4) is 0 Å². The van der Waals surface area contributed by atoms with E-state index in [1.54, 1.807) is 12.1 Å². The molecule has 0 bridgehead atoms. The average molecular weight is 209 g/mol. The van der Waals surface area contributed by atoms with Crippen molar-refractivity contribution >= 4 is 5.57 Å². The SMILES string of the molecule is CC1(O)NC(O)C=C1c1cccc(F)c1. The highest BCUT2D eigenvalue weighted by Gasteiger charge is 2.34. The molecule has 0 saturated heterocycles. The molecular weight excluding hydrogens is 197 g/mol. The van der Waals surface area contributed by atoms with Crippen LogP contribution in [0, 0.1) is 5.82 Å². The van der Waals surface area contributed by atoms with Crippen LogP contribution in [0.15, 0.2) is 30.3 Å². The van der Waals surface area contributed by atoms with E-state index >= 15 is 0 Å². The van der Waals surface area contributed by atoms with Gasteiger partial charge in [0.2, 0.25) is 0 Å². The summed E-state index contributed by atoms with van der Waals surface area (Å²) >= 11 is 0. The lowest BCUT2D eigenvalue weighted by Gasteiger charge is -2.22. The van der Waals surface area contributed by atoms with Crippen molar-refractivity contribution < 1.29 is 14.6 Å². The largest absolute Gasteiger partial charge is 0.375 e. The van der Waals surface area contributed by atoms with Crippen LogP contribution in [-0.2, 0) is 0 Å². The Balaban J connectivity index is 2.43. The van der Waals surface area contributed by atoms with Gasteiger partial charge in [0, 0.05) is 5.57 Å². The summed E-state index contributed by atoms with van der Waals surface area (Å²) in [7, 11) is 0. The monoisotopic (exact) mass is 209 g/mol. The van der Waals surface area contributed by atoms with E-state index in [0.29, 0.717) is 11.1 Å². The Morgan fingerprint density at radius 2 is 2.20 bits per heavy atom. The maximum Gasteiger partial charge on any atom is 0.141 e. The van der Waals surface area contributed by atoms with Gasteiger partial charge in [-0.1, -0.05) is 12.1 Å². The first-order chi connectivity index (χ1) is 6.99. The fraction of sp³-hybridized carbons (Fsp3) is 0.273. The predicted octanol–water partition coefficient (Wildman–Crippen LogP) is 0.839. The molecule has 1 aromatic carbocycles. The Kier molecular flexibility index (Phi) is 2.34. The molecule has 0 aromatic heterocycles. The zero-order valence-electron chi connectivity index (χ0n) is 8.24. The van der Waals surface area contributed by atoms with Gasteiger partial charge in [-0.3, -0.25) is 5.32 Å². The number of benzene rings is 1. The number of nitrogens with one attached hydrogen (secondary N) is 1. The lowest BCUT2D eigenvalue weighted by atomic mass is 9.99. The summed E-state index contributed by atoms with van der Waals surface area (Å²) in [6.45, 7) is 1.51. The maximum atomic E-state index is 13.0. The molecule has 1 heterocycles. The van der Waals surface area contributed by atoms with E-state index in [9.17, 15) is 14.6 Å². The molecule has 0 aliphatic carbocycles. The molecule has 0 saturated carbocycles. The third-order valence-electron chi connectivity index (χ3n) is 2.41. The predicted molar refractivity (Wildman–Crippen MR) is 54.1 cm³/mol. The van der Waals surface area contributed by atoms with Crippen molar-refractivity contribution in [2.24, 2.45) is 0 Å². The van der Waals surface area contributed by atoms with Crippen molar-refractivity contribution in [1.29, 1.82) is 0 Å². The van der Waals surface area contributed by atoms with Crippen LogP contribution in [-0.4, -0.2) is 22.2 Å². The summed E-state index contributed by atoms with van der Waals surface area (Å²) in [6, 6.07) is 5.90. The highest BCUT2D eigenvalue weighted by molar-refractivity contribution is 5.73. The summed E-state index contributed by atoms with van der Waals surface area (Å²) in [5.74, 6) is -0.370. The van der Waals surface area contributed by atoms with Crippen molar-refractivity contribution in [2.75, 3.05) is 0 Å². The number of rotatable bonds is 1. The summed E-state index contributed by atoms with van der Waals surface area (Å²) in [5.41, 5.74) is -0.286. The van der Waals surface area contributed by atoms with Gasteiger partial charge in [-0.05, 0) is 30.7 Å². The van der Waals surface area contributed by atoms with E-state index in [0.717, 1.165) is 0 Å². The normalized spacial score (nSPS) is 30.4. The van der Waals surface area contributed by atoms with Crippen LogP contribution in [0.2, 0.25) is 0 Å². The second kappa shape index (κ2) is 3.41. The van der Waals surface area contributed by atoms with Gasteiger partial charge in [0.05, 0.1) is 0 Å². The molecule has 0 radical (unpaired) electrons.